The van der Waals surface area contributed by atoms with Crippen molar-refractivity contribution in [2.24, 2.45) is 5.10 Å². The number of nitrogens with one attached hydrogen (secondary N) is 1. The van der Waals surface area contributed by atoms with Crippen LogP contribution >= 0.6 is 0 Å². The molecule has 24 heavy (non-hydrogen) atoms. The predicted molar refractivity (Wildman–Crippen MR) is 88.1 cm³/mol. The molecule has 9 nitrogen and oxygen atoms in total. The molecular weight excluding hydrogens is 316 g/mol. The smallest absolute Gasteiger partial charge is 0.301 e. The van der Waals surface area contributed by atoms with Crippen molar-refractivity contribution in [3.05, 3.63) is 74.3 Å². The number of nitrogens with zero attached hydrogens (tertiary/aromatic N) is 3. The number of benzene rings is 2. The molecule has 0 bridgehead atoms. The van der Waals surface area contributed by atoms with Crippen molar-refractivity contribution >= 4 is 23.3 Å². The van der Waals surface area contributed by atoms with Crippen LogP contribution in [0, 0.1) is 20.2 Å². The van der Waals surface area contributed by atoms with E-state index >= 15 is 0 Å². The number of rotatable bonds is 7. The zero-order valence-electron chi connectivity index (χ0n) is 12.7. The maximum atomic E-state index is 11.0. The van der Waals surface area contributed by atoms with Crippen molar-refractivity contribution in [3.8, 4) is 0 Å². The highest BCUT2D eigenvalue weighted by Gasteiger charge is 2.19. The van der Waals surface area contributed by atoms with Gasteiger partial charge in [-0.3, -0.25) is 25.7 Å². The van der Waals surface area contributed by atoms with Gasteiger partial charge in [-0.1, -0.05) is 30.3 Å². The van der Waals surface area contributed by atoms with Crippen molar-refractivity contribution in [2.45, 2.75) is 6.10 Å². The molecule has 0 saturated heterocycles. The van der Waals surface area contributed by atoms with Crippen LogP contribution in [0.3, 0.4) is 0 Å². The van der Waals surface area contributed by atoms with Gasteiger partial charge in [-0.2, -0.15) is 5.10 Å². The van der Waals surface area contributed by atoms with Gasteiger partial charge in [-0.05, 0) is 11.6 Å². The molecule has 0 aliphatic carbocycles. The molecular formula is C15H14N4O5. The Labute approximate surface area is 136 Å². The Bertz CT molecular complexity index is 764. The average molecular weight is 330 g/mol. The summed E-state index contributed by atoms with van der Waals surface area (Å²) < 4.78 is 5.29. The standard InChI is InChI=1S/C15H14N4O5/c1-24-15(11-5-3-2-4-6-11)10-16-17-13-8-7-12(18(20)21)9-14(13)19(22)23/h2-10,15,17H,1H3/b16-10+. The molecule has 1 N–H and O–H groups in total. The number of hydrazone groups is 1. The van der Waals surface area contributed by atoms with Gasteiger partial charge < -0.3 is 4.74 Å². The van der Waals surface area contributed by atoms with E-state index in [1.807, 2.05) is 30.3 Å². The molecule has 0 heterocycles. The second-order valence-electron chi connectivity index (χ2n) is 4.67. The van der Waals surface area contributed by atoms with E-state index in [1.54, 1.807) is 0 Å². The number of hydrogen-bond donors (Lipinski definition) is 1. The van der Waals surface area contributed by atoms with Crippen LogP contribution in [0.1, 0.15) is 11.7 Å². The monoisotopic (exact) mass is 330 g/mol. The van der Waals surface area contributed by atoms with E-state index in [-0.39, 0.29) is 11.4 Å². The van der Waals surface area contributed by atoms with Gasteiger partial charge in [0.05, 0.1) is 22.1 Å². The minimum Gasteiger partial charge on any atom is -0.371 e. The van der Waals surface area contributed by atoms with Gasteiger partial charge in [0.1, 0.15) is 11.8 Å². The molecule has 1 atom stereocenters. The molecule has 0 aromatic heterocycles. The summed E-state index contributed by atoms with van der Waals surface area (Å²) in [5.41, 5.74) is 2.63. The number of nitro groups is 2. The third-order valence-electron chi connectivity index (χ3n) is 3.17. The van der Waals surface area contributed by atoms with E-state index in [0.717, 1.165) is 17.7 Å². The zero-order chi connectivity index (χ0) is 17.5. The number of methoxy groups -OCH3 is 1. The average Bonchev–Trinajstić information content (AvgIpc) is 2.59. The summed E-state index contributed by atoms with van der Waals surface area (Å²) in [6, 6.07) is 12.6. The van der Waals surface area contributed by atoms with Crippen molar-refractivity contribution in [2.75, 3.05) is 12.5 Å². The molecule has 0 spiro atoms. The number of hydrogen-bond acceptors (Lipinski definition) is 7. The molecule has 0 fully saturated rings. The van der Waals surface area contributed by atoms with Gasteiger partial charge in [0.2, 0.25) is 0 Å². The van der Waals surface area contributed by atoms with E-state index in [4.69, 9.17) is 4.74 Å². The third-order valence-corrected chi connectivity index (χ3v) is 3.17. The Balaban J connectivity index is 2.18. The first kappa shape index (κ1) is 17.0. The highest BCUT2D eigenvalue weighted by atomic mass is 16.6. The first-order chi connectivity index (χ1) is 11.5. The normalized spacial score (nSPS) is 12.0. The minimum absolute atomic E-state index is 0.0461. The molecule has 0 aliphatic heterocycles. The van der Waals surface area contributed by atoms with Gasteiger partial charge in [-0.15, -0.1) is 0 Å². The van der Waals surface area contributed by atoms with E-state index in [1.165, 1.54) is 19.4 Å². The molecule has 0 aliphatic rings. The van der Waals surface area contributed by atoms with Crippen LogP contribution in [-0.4, -0.2) is 23.2 Å². The summed E-state index contributed by atoms with van der Waals surface area (Å²) in [6.45, 7) is 0. The molecule has 0 radical (unpaired) electrons. The molecule has 2 aromatic carbocycles. The summed E-state index contributed by atoms with van der Waals surface area (Å²) in [7, 11) is 1.51. The molecule has 9 heteroatoms. The van der Waals surface area contributed by atoms with Crippen molar-refractivity contribution < 1.29 is 14.6 Å². The Hall–Kier alpha value is -3.33. The van der Waals surface area contributed by atoms with Gasteiger partial charge in [-0.25, -0.2) is 0 Å². The Kier molecular flexibility index (Phi) is 5.53. The molecule has 2 rings (SSSR count). The fraction of sp³-hybridized carbons (Fsp3) is 0.133. The minimum atomic E-state index is -0.712. The van der Waals surface area contributed by atoms with E-state index in [2.05, 4.69) is 10.5 Å². The van der Waals surface area contributed by atoms with Crippen molar-refractivity contribution in [3.63, 3.8) is 0 Å². The lowest BCUT2D eigenvalue weighted by atomic mass is 10.1. The third kappa shape index (κ3) is 4.11. The number of ether oxygens (including phenoxy) is 1. The summed E-state index contributed by atoms with van der Waals surface area (Å²) in [5, 5.41) is 25.7. The Morgan fingerprint density at radius 3 is 2.42 bits per heavy atom. The fourth-order valence-corrected chi connectivity index (χ4v) is 1.98. The van der Waals surface area contributed by atoms with Gasteiger partial charge in [0.15, 0.2) is 0 Å². The highest BCUT2D eigenvalue weighted by Crippen LogP contribution is 2.29. The molecule has 2 aromatic rings. The second-order valence-corrected chi connectivity index (χ2v) is 4.67. The Morgan fingerprint density at radius 1 is 1.12 bits per heavy atom. The maximum Gasteiger partial charge on any atom is 0.301 e. The second kappa shape index (κ2) is 7.79. The SMILES string of the molecule is COC(/C=N/Nc1ccc([N+](=O)[O-])cc1[N+](=O)[O-])c1ccccc1. The molecule has 1 unspecified atom stereocenters. The van der Waals surface area contributed by atoms with E-state index in [9.17, 15) is 20.2 Å². The van der Waals surface area contributed by atoms with Crippen LogP contribution in [0.15, 0.2) is 53.6 Å². The lowest BCUT2D eigenvalue weighted by molar-refractivity contribution is -0.393. The van der Waals surface area contributed by atoms with Gasteiger partial charge >= 0.3 is 5.69 Å². The van der Waals surface area contributed by atoms with E-state index < -0.39 is 21.6 Å². The van der Waals surface area contributed by atoms with Crippen LogP contribution in [0.2, 0.25) is 0 Å². The predicted octanol–water partition coefficient (Wildman–Crippen LogP) is 3.29. The molecule has 0 amide bonds. The summed E-state index contributed by atoms with van der Waals surface area (Å²) in [5.74, 6) is 0. The topological polar surface area (TPSA) is 120 Å². The van der Waals surface area contributed by atoms with E-state index in [0.29, 0.717) is 0 Å². The van der Waals surface area contributed by atoms with Crippen molar-refractivity contribution in [1.82, 2.24) is 0 Å². The largest absolute Gasteiger partial charge is 0.371 e. The lowest BCUT2D eigenvalue weighted by Crippen LogP contribution is -2.05. The van der Waals surface area contributed by atoms with Crippen molar-refractivity contribution in [1.29, 1.82) is 0 Å². The van der Waals surface area contributed by atoms with Crippen LogP contribution in [-0.2, 0) is 4.74 Å². The highest BCUT2D eigenvalue weighted by molar-refractivity contribution is 5.70. The number of anilines is 1. The van der Waals surface area contributed by atoms with Crippen LogP contribution in [0.25, 0.3) is 0 Å². The summed E-state index contributed by atoms with van der Waals surface area (Å²) >= 11 is 0. The maximum absolute atomic E-state index is 11.0. The van der Waals surface area contributed by atoms with Crippen LogP contribution in [0.4, 0.5) is 17.1 Å². The first-order valence-electron chi connectivity index (χ1n) is 6.82. The van der Waals surface area contributed by atoms with Gasteiger partial charge in [0.25, 0.3) is 5.69 Å². The lowest BCUT2D eigenvalue weighted by Gasteiger charge is -2.10. The zero-order valence-corrected chi connectivity index (χ0v) is 12.7. The molecule has 0 saturated carbocycles. The fourth-order valence-electron chi connectivity index (χ4n) is 1.98. The number of nitro benzene ring substituents is 2. The summed E-state index contributed by atoms with van der Waals surface area (Å²) in [4.78, 5) is 20.3. The Morgan fingerprint density at radius 2 is 1.83 bits per heavy atom. The quantitative estimate of drug-likeness (QED) is 0.472. The molecule has 124 valence electrons. The van der Waals surface area contributed by atoms with Gasteiger partial charge in [0, 0.05) is 13.2 Å². The van der Waals surface area contributed by atoms with Crippen LogP contribution in [0.5, 0.6) is 0 Å². The first-order valence-corrected chi connectivity index (χ1v) is 6.82. The number of non-ortho nitro benzene ring substituents is 1. The van der Waals surface area contributed by atoms with Crippen LogP contribution < -0.4 is 5.43 Å². The summed E-state index contributed by atoms with van der Waals surface area (Å²) in [6.07, 6.45) is 1.01.